The van der Waals surface area contributed by atoms with Crippen LogP contribution in [0.25, 0.3) is 0 Å². The molecule has 90 valence electrons. The second-order valence-corrected chi connectivity index (χ2v) is 4.95. The normalized spacial score (nSPS) is 10.3. The molecule has 0 spiro atoms. The van der Waals surface area contributed by atoms with Crippen molar-refractivity contribution in [2.45, 2.75) is 13.8 Å². The average molecular weight is 249 g/mol. The van der Waals surface area contributed by atoms with E-state index in [2.05, 4.69) is 17.2 Å². The Morgan fingerprint density at radius 3 is 2.71 bits per heavy atom. The van der Waals surface area contributed by atoms with Crippen molar-refractivity contribution in [1.82, 2.24) is 4.98 Å². The summed E-state index contributed by atoms with van der Waals surface area (Å²) in [6, 6.07) is 5.51. The molecule has 0 aliphatic rings. The zero-order chi connectivity index (χ0) is 12.4. The van der Waals surface area contributed by atoms with Crippen molar-refractivity contribution in [3.05, 3.63) is 28.8 Å². The Kier molecular flexibility index (Phi) is 3.19. The van der Waals surface area contributed by atoms with Crippen LogP contribution in [0.15, 0.2) is 18.2 Å². The van der Waals surface area contributed by atoms with Gasteiger partial charge in [-0.2, -0.15) is 0 Å². The van der Waals surface area contributed by atoms with E-state index < -0.39 is 0 Å². The maximum Gasteiger partial charge on any atom is 0.187 e. The number of aryl methyl sites for hydroxylation is 2. The van der Waals surface area contributed by atoms with Gasteiger partial charge in [-0.25, -0.2) is 4.98 Å². The Balaban J connectivity index is 2.29. The van der Waals surface area contributed by atoms with E-state index in [1.54, 1.807) is 24.5 Å². The van der Waals surface area contributed by atoms with Crippen LogP contribution >= 0.6 is 11.3 Å². The minimum Gasteiger partial charge on any atom is -0.494 e. The van der Waals surface area contributed by atoms with Gasteiger partial charge in [0, 0.05) is 16.6 Å². The molecule has 2 rings (SSSR count). The molecular weight excluding hydrogens is 234 g/mol. The lowest BCUT2D eigenvalue weighted by molar-refractivity contribution is 0.417. The van der Waals surface area contributed by atoms with E-state index in [-0.39, 0.29) is 0 Å². The topological polar surface area (TPSA) is 60.2 Å². The second kappa shape index (κ2) is 4.63. The summed E-state index contributed by atoms with van der Waals surface area (Å²) in [5, 5.41) is 4.10. The van der Waals surface area contributed by atoms with Crippen molar-refractivity contribution in [2.24, 2.45) is 0 Å². The number of hydrogen-bond donors (Lipinski definition) is 2. The lowest BCUT2D eigenvalue weighted by Gasteiger charge is -2.09. The van der Waals surface area contributed by atoms with Gasteiger partial charge in [-0.1, -0.05) is 0 Å². The number of benzene rings is 1. The first-order valence-electron chi connectivity index (χ1n) is 5.24. The minimum absolute atomic E-state index is 0.680. The van der Waals surface area contributed by atoms with Gasteiger partial charge in [-0.3, -0.25) is 0 Å². The van der Waals surface area contributed by atoms with Crippen molar-refractivity contribution in [1.29, 1.82) is 0 Å². The number of nitrogens with one attached hydrogen (secondary N) is 1. The first kappa shape index (κ1) is 11.7. The van der Waals surface area contributed by atoms with Crippen molar-refractivity contribution in [2.75, 3.05) is 18.2 Å². The summed E-state index contributed by atoms with van der Waals surface area (Å²) < 4.78 is 5.27. The molecule has 1 heterocycles. The molecule has 2 aromatic rings. The summed E-state index contributed by atoms with van der Waals surface area (Å²) >= 11 is 1.62. The Hall–Kier alpha value is -1.75. The van der Waals surface area contributed by atoms with Crippen molar-refractivity contribution < 1.29 is 4.74 Å². The number of thiazole rings is 1. The van der Waals surface area contributed by atoms with Crippen molar-refractivity contribution >= 4 is 27.8 Å². The largest absolute Gasteiger partial charge is 0.494 e. The van der Waals surface area contributed by atoms with E-state index in [0.29, 0.717) is 5.69 Å². The highest BCUT2D eigenvalue weighted by atomic mass is 32.1. The maximum absolute atomic E-state index is 5.70. The zero-order valence-corrected chi connectivity index (χ0v) is 10.9. The molecule has 0 aliphatic heterocycles. The predicted octanol–water partition coefficient (Wildman–Crippen LogP) is 3.09. The van der Waals surface area contributed by atoms with Crippen molar-refractivity contribution in [3.8, 4) is 5.75 Å². The van der Waals surface area contributed by atoms with Gasteiger partial charge in [0.25, 0.3) is 0 Å². The molecule has 1 aromatic carbocycles. The van der Waals surface area contributed by atoms with E-state index in [1.807, 2.05) is 19.1 Å². The van der Waals surface area contributed by atoms with E-state index in [1.165, 1.54) is 4.88 Å². The molecule has 3 N–H and O–H groups in total. The van der Waals surface area contributed by atoms with Crippen LogP contribution in [0.3, 0.4) is 0 Å². The molecule has 0 fully saturated rings. The number of ether oxygens (including phenoxy) is 1. The molecule has 5 heteroatoms. The number of aromatic nitrogens is 1. The predicted molar refractivity (Wildman–Crippen MR) is 72.3 cm³/mol. The molecule has 0 atom stereocenters. The highest BCUT2D eigenvalue weighted by Crippen LogP contribution is 2.31. The fraction of sp³-hybridized carbons (Fsp3) is 0.250. The Morgan fingerprint density at radius 2 is 2.12 bits per heavy atom. The molecule has 0 saturated carbocycles. The molecule has 0 aliphatic carbocycles. The third-order valence-electron chi connectivity index (χ3n) is 2.50. The molecule has 4 nitrogen and oxygen atoms in total. The number of nitrogen functional groups attached to an aromatic ring is 1. The maximum atomic E-state index is 5.70. The molecule has 0 saturated heterocycles. The van der Waals surface area contributed by atoms with Crippen LogP contribution in [0.4, 0.5) is 16.5 Å². The van der Waals surface area contributed by atoms with Crippen LogP contribution in [0, 0.1) is 13.8 Å². The molecule has 0 amide bonds. The Labute approximate surface area is 104 Å². The highest BCUT2D eigenvalue weighted by molar-refractivity contribution is 7.15. The van der Waals surface area contributed by atoms with Crippen LogP contribution < -0.4 is 15.8 Å². The van der Waals surface area contributed by atoms with Crippen LogP contribution in [-0.2, 0) is 0 Å². The smallest absolute Gasteiger partial charge is 0.187 e. The lowest BCUT2D eigenvalue weighted by Crippen LogP contribution is -1.95. The first-order valence-corrected chi connectivity index (χ1v) is 6.06. The number of nitrogens with two attached hydrogens (primary N) is 1. The first-order chi connectivity index (χ1) is 8.10. The summed E-state index contributed by atoms with van der Waals surface area (Å²) in [5.74, 6) is 0.718. The molecule has 17 heavy (non-hydrogen) atoms. The van der Waals surface area contributed by atoms with Gasteiger partial charge in [0.1, 0.15) is 5.75 Å². The number of nitrogens with zero attached hydrogens (tertiary/aromatic N) is 1. The van der Waals surface area contributed by atoms with Crippen LogP contribution in [-0.4, -0.2) is 12.1 Å². The summed E-state index contributed by atoms with van der Waals surface area (Å²) in [6.45, 7) is 4.05. The standard InChI is InChI=1S/C12H15N3OS/c1-7-8(2)17-12(14-7)15-10-5-4-9(13)6-11(10)16-3/h4-6H,13H2,1-3H3,(H,14,15). The zero-order valence-electron chi connectivity index (χ0n) is 10.1. The monoisotopic (exact) mass is 249 g/mol. The van der Waals surface area contributed by atoms with E-state index in [0.717, 1.165) is 22.3 Å². The Bertz CT molecular complexity index is 517. The Morgan fingerprint density at radius 1 is 1.35 bits per heavy atom. The van der Waals surface area contributed by atoms with Gasteiger partial charge >= 0.3 is 0 Å². The fourth-order valence-electron chi connectivity index (χ4n) is 1.45. The molecule has 1 aromatic heterocycles. The molecule has 0 unspecified atom stereocenters. The quantitative estimate of drug-likeness (QED) is 0.821. The molecule has 0 radical (unpaired) electrons. The van der Waals surface area contributed by atoms with E-state index >= 15 is 0 Å². The summed E-state index contributed by atoms with van der Waals surface area (Å²) in [7, 11) is 1.62. The van der Waals surface area contributed by atoms with E-state index in [9.17, 15) is 0 Å². The third kappa shape index (κ3) is 2.50. The SMILES string of the molecule is COc1cc(N)ccc1Nc1nc(C)c(C)s1. The summed E-state index contributed by atoms with van der Waals surface area (Å²) in [6.07, 6.45) is 0. The van der Waals surface area contributed by atoms with Crippen molar-refractivity contribution in [3.63, 3.8) is 0 Å². The van der Waals surface area contributed by atoms with Gasteiger partial charge in [0.2, 0.25) is 0 Å². The van der Waals surface area contributed by atoms with Gasteiger partial charge in [0.05, 0.1) is 18.5 Å². The van der Waals surface area contributed by atoms with Gasteiger partial charge in [-0.05, 0) is 26.0 Å². The lowest BCUT2D eigenvalue weighted by atomic mass is 10.2. The van der Waals surface area contributed by atoms with Crippen LogP contribution in [0.2, 0.25) is 0 Å². The molecule has 0 bridgehead atoms. The number of hydrogen-bond acceptors (Lipinski definition) is 5. The fourth-order valence-corrected chi connectivity index (χ4v) is 2.28. The minimum atomic E-state index is 0.680. The molecular formula is C12H15N3OS. The second-order valence-electron chi connectivity index (χ2n) is 3.75. The van der Waals surface area contributed by atoms with Crippen LogP contribution in [0.1, 0.15) is 10.6 Å². The number of methoxy groups -OCH3 is 1. The third-order valence-corrected chi connectivity index (χ3v) is 3.48. The highest BCUT2D eigenvalue weighted by Gasteiger charge is 2.07. The van der Waals surface area contributed by atoms with Crippen LogP contribution in [0.5, 0.6) is 5.75 Å². The van der Waals surface area contributed by atoms with Gasteiger partial charge < -0.3 is 15.8 Å². The summed E-state index contributed by atoms with van der Waals surface area (Å²) in [5.41, 5.74) is 8.30. The average Bonchev–Trinajstić information content (AvgIpc) is 2.60. The van der Waals surface area contributed by atoms with Gasteiger partial charge in [0.15, 0.2) is 5.13 Å². The number of rotatable bonds is 3. The van der Waals surface area contributed by atoms with E-state index in [4.69, 9.17) is 10.5 Å². The summed E-state index contributed by atoms with van der Waals surface area (Å²) in [4.78, 5) is 5.63. The van der Waals surface area contributed by atoms with Gasteiger partial charge in [-0.15, -0.1) is 11.3 Å². The number of anilines is 3.